The number of anilines is 1. The number of ketones is 1. The molecule has 1 unspecified atom stereocenters. The summed E-state index contributed by atoms with van der Waals surface area (Å²) in [4.78, 5) is 29.9. The van der Waals surface area contributed by atoms with Crippen LogP contribution >= 0.6 is 0 Å². The number of esters is 1. The molecule has 1 N–H and O–H groups in total. The number of carbonyl (C=O) groups is 2. The van der Waals surface area contributed by atoms with Crippen LogP contribution in [0.5, 0.6) is 5.75 Å². The van der Waals surface area contributed by atoms with Gasteiger partial charge in [0.2, 0.25) is 5.95 Å². The fraction of sp³-hybridized carbons (Fsp3) is 0.280. The van der Waals surface area contributed by atoms with Crippen LogP contribution in [0.3, 0.4) is 0 Å². The number of hydrogen-bond donors (Lipinski definition) is 1. The van der Waals surface area contributed by atoms with Gasteiger partial charge in [0.1, 0.15) is 18.1 Å². The molecule has 0 saturated carbocycles. The minimum atomic E-state index is -0.409. The summed E-state index contributed by atoms with van der Waals surface area (Å²) in [7, 11) is 0. The molecule has 162 valence electrons. The molecule has 0 spiro atoms. The Balaban J connectivity index is 1.45. The fourth-order valence-electron chi connectivity index (χ4n) is 4.43. The highest BCUT2D eigenvalue weighted by Gasteiger charge is 2.41. The number of allylic oxidation sites excluding steroid dienone is 2. The van der Waals surface area contributed by atoms with Gasteiger partial charge < -0.3 is 10.1 Å². The second-order valence-corrected chi connectivity index (χ2v) is 9.21. The lowest BCUT2D eigenvalue weighted by molar-refractivity contribution is -0.118. The first kappa shape index (κ1) is 20.2. The number of rotatable bonds is 3. The summed E-state index contributed by atoms with van der Waals surface area (Å²) >= 11 is 0. The van der Waals surface area contributed by atoms with E-state index in [0.29, 0.717) is 23.7 Å². The molecule has 32 heavy (non-hydrogen) atoms. The van der Waals surface area contributed by atoms with Gasteiger partial charge in [0.25, 0.3) is 0 Å². The highest BCUT2D eigenvalue weighted by atomic mass is 16.5. The van der Waals surface area contributed by atoms with E-state index in [4.69, 9.17) is 4.74 Å². The molecule has 2 aromatic carbocycles. The van der Waals surface area contributed by atoms with Crippen molar-refractivity contribution < 1.29 is 14.3 Å². The van der Waals surface area contributed by atoms with E-state index < -0.39 is 5.97 Å². The van der Waals surface area contributed by atoms with Crippen LogP contribution in [0.25, 0.3) is 0 Å². The molecule has 0 fully saturated rings. The molecule has 5 rings (SSSR count). The number of aromatic nitrogens is 3. The van der Waals surface area contributed by atoms with Crippen LogP contribution in [-0.4, -0.2) is 26.5 Å². The van der Waals surface area contributed by atoms with Crippen molar-refractivity contribution in [3.63, 3.8) is 0 Å². The molecule has 2 aliphatic rings. The third-order valence-corrected chi connectivity index (χ3v) is 5.97. The lowest BCUT2D eigenvalue weighted by atomic mass is 9.73. The van der Waals surface area contributed by atoms with E-state index in [1.165, 1.54) is 6.33 Å². The minimum Gasteiger partial charge on any atom is -0.423 e. The van der Waals surface area contributed by atoms with Gasteiger partial charge in [-0.05, 0) is 48.6 Å². The molecule has 0 saturated heterocycles. The molecule has 0 bridgehead atoms. The number of benzene rings is 2. The van der Waals surface area contributed by atoms with Crippen molar-refractivity contribution in [1.29, 1.82) is 0 Å². The molecule has 3 aromatic rings. The Kier molecular flexibility index (Phi) is 4.69. The molecule has 0 radical (unpaired) electrons. The monoisotopic (exact) mass is 428 g/mol. The van der Waals surface area contributed by atoms with Gasteiger partial charge in [-0.2, -0.15) is 10.1 Å². The topological polar surface area (TPSA) is 86.1 Å². The van der Waals surface area contributed by atoms with E-state index in [1.54, 1.807) is 28.9 Å². The number of aryl methyl sites for hydroxylation is 1. The molecule has 1 aliphatic heterocycles. The zero-order valence-electron chi connectivity index (χ0n) is 18.3. The molecule has 7 heteroatoms. The average molecular weight is 428 g/mol. The smallest absolute Gasteiger partial charge is 0.343 e. The molecule has 2 heterocycles. The van der Waals surface area contributed by atoms with Crippen molar-refractivity contribution in [2.75, 3.05) is 5.32 Å². The second kappa shape index (κ2) is 7.44. The van der Waals surface area contributed by atoms with E-state index in [0.717, 1.165) is 28.8 Å². The highest BCUT2D eigenvalue weighted by Crippen LogP contribution is 2.45. The zero-order chi connectivity index (χ0) is 22.5. The number of nitrogens with zero attached hydrogens (tertiary/aromatic N) is 3. The van der Waals surface area contributed by atoms with Crippen LogP contribution in [0.15, 0.2) is 66.1 Å². The maximum Gasteiger partial charge on any atom is 0.343 e. The van der Waals surface area contributed by atoms with Crippen molar-refractivity contribution in [2.45, 2.75) is 39.7 Å². The second-order valence-electron chi connectivity index (χ2n) is 9.21. The maximum absolute atomic E-state index is 13.1. The van der Waals surface area contributed by atoms with E-state index >= 15 is 0 Å². The lowest BCUT2D eigenvalue weighted by Crippen LogP contribution is -2.36. The van der Waals surface area contributed by atoms with E-state index in [-0.39, 0.29) is 17.2 Å². The van der Waals surface area contributed by atoms with E-state index in [9.17, 15) is 9.59 Å². The van der Waals surface area contributed by atoms with Gasteiger partial charge >= 0.3 is 5.97 Å². The Bertz CT molecular complexity index is 1240. The normalized spacial score (nSPS) is 19.1. The summed E-state index contributed by atoms with van der Waals surface area (Å²) in [6, 6.07) is 14.1. The Labute approximate surface area is 186 Å². The van der Waals surface area contributed by atoms with Crippen LogP contribution in [0, 0.1) is 12.3 Å². The van der Waals surface area contributed by atoms with Crippen molar-refractivity contribution >= 4 is 17.7 Å². The van der Waals surface area contributed by atoms with Crippen molar-refractivity contribution in [2.24, 2.45) is 5.41 Å². The first-order valence-corrected chi connectivity index (χ1v) is 10.6. The SMILES string of the molecule is Cc1ccc(C(=O)Oc2ccc(C3C4=C(CC(C)(C)CC4=O)Nc4ncnn43)cc2)cc1. The molecular formula is C25H24N4O3. The Morgan fingerprint density at radius 2 is 1.81 bits per heavy atom. The van der Waals surface area contributed by atoms with Gasteiger partial charge in [0.15, 0.2) is 5.78 Å². The van der Waals surface area contributed by atoms with Gasteiger partial charge in [-0.1, -0.05) is 43.7 Å². The summed E-state index contributed by atoms with van der Waals surface area (Å²) < 4.78 is 7.27. The standard InChI is InChI=1S/C25H24N4O3/c1-15-4-6-17(7-5-15)23(31)32-18-10-8-16(9-11-18)22-21-19(12-25(2,3)13-20(21)30)28-24-26-14-27-29(22)24/h4-11,14,22H,12-13H2,1-3H3,(H,26,27,28). The molecule has 1 aliphatic carbocycles. The summed E-state index contributed by atoms with van der Waals surface area (Å²) in [5.74, 6) is 0.768. The summed E-state index contributed by atoms with van der Waals surface area (Å²) in [5, 5.41) is 7.67. The first-order valence-electron chi connectivity index (χ1n) is 10.6. The van der Waals surface area contributed by atoms with Gasteiger partial charge in [0.05, 0.1) is 5.56 Å². The third-order valence-electron chi connectivity index (χ3n) is 5.97. The minimum absolute atomic E-state index is 0.107. The quantitative estimate of drug-likeness (QED) is 0.490. The summed E-state index contributed by atoms with van der Waals surface area (Å²) in [6.45, 7) is 6.16. The Hall–Kier alpha value is -3.74. The van der Waals surface area contributed by atoms with Crippen LogP contribution in [-0.2, 0) is 4.79 Å². The largest absolute Gasteiger partial charge is 0.423 e. The van der Waals surface area contributed by atoms with Gasteiger partial charge in [-0.3, -0.25) is 4.79 Å². The molecule has 1 aromatic heterocycles. The number of Topliss-reactive ketones (excluding diaryl/α,β-unsaturated/α-hetero) is 1. The van der Waals surface area contributed by atoms with Gasteiger partial charge in [-0.15, -0.1) is 0 Å². The van der Waals surface area contributed by atoms with Crippen molar-refractivity contribution in [3.05, 3.63) is 82.8 Å². The third kappa shape index (κ3) is 3.60. The van der Waals surface area contributed by atoms with E-state index in [2.05, 4.69) is 29.2 Å². The number of hydrogen-bond acceptors (Lipinski definition) is 6. The van der Waals surface area contributed by atoms with Crippen LogP contribution in [0.2, 0.25) is 0 Å². The average Bonchev–Trinajstić information content (AvgIpc) is 3.20. The number of nitrogens with one attached hydrogen (secondary N) is 1. The predicted octanol–water partition coefficient (Wildman–Crippen LogP) is 4.46. The summed E-state index contributed by atoms with van der Waals surface area (Å²) in [5.41, 5.74) is 3.99. The van der Waals surface area contributed by atoms with Crippen LogP contribution in [0.1, 0.15) is 54.2 Å². The van der Waals surface area contributed by atoms with Gasteiger partial charge in [-0.25, -0.2) is 9.48 Å². The lowest BCUT2D eigenvalue weighted by Gasteiger charge is -2.38. The van der Waals surface area contributed by atoms with Crippen molar-refractivity contribution in [1.82, 2.24) is 14.8 Å². The molecule has 0 amide bonds. The van der Waals surface area contributed by atoms with Crippen LogP contribution < -0.4 is 10.1 Å². The first-order chi connectivity index (χ1) is 15.3. The fourth-order valence-corrected chi connectivity index (χ4v) is 4.43. The van der Waals surface area contributed by atoms with E-state index in [1.807, 2.05) is 31.2 Å². The van der Waals surface area contributed by atoms with Crippen molar-refractivity contribution in [3.8, 4) is 5.75 Å². The highest BCUT2D eigenvalue weighted by molar-refractivity contribution is 6.00. The van der Waals surface area contributed by atoms with Gasteiger partial charge in [0, 0.05) is 17.7 Å². The predicted molar refractivity (Wildman–Crippen MR) is 119 cm³/mol. The Morgan fingerprint density at radius 3 is 2.53 bits per heavy atom. The maximum atomic E-state index is 13.1. The van der Waals surface area contributed by atoms with Crippen LogP contribution in [0.4, 0.5) is 5.95 Å². The molecular weight excluding hydrogens is 404 g/mol. The summed E-state index contributed by atoms with van der Waals surface area (Å²) in [6.07, 6.45) is 2.74. The number of carbonyl (C=O) groups excluding carboxylic acids is 2. The number of ether oxygens (including phenoxy) is 1. The molecule has 1 atom stereocenters. The zero-order valence-corrected chi connectivity index (χ0v) is 18.3. The molecule has 7 nitrogen and oxygen atoms in total. The Morgan fingerprint density at radius 1 is 1.09 bits per heavy atom. The number of fused-ring (bicyclic) bond motifs is 1.